The van der Waals surface area contributed by atoms with Crippen LogP contribution in [0, 0.1) is 17.3 Å². The maximum Gasteiger partial charge on any atom is 0.0550 e. The lowest BCUT2D eigenvalue weighted by Gasteiger charge is -2.56. The molecule has 0 N–H and O–H groups in total. The minimum Gasteiger partial charge on any atom is -0.380 e. The highest BCUT2D eigenvalue weighted by molar-refractivity contribution is 4.99. The van der Waals surface area contributed by atoms with Crippen molar-refractivity contribution in [2.24, 2.45) is 17.3 Å². The summed E-state index contributed by atoms with van der Waals surface area (Å²) < 4.78 is 5.43. The van der Waals surface area contributed by atoms with Crippen LogP contribution in [0.25, 0.3) is 0 Å². The van der Waals surface area contributed by atoms with Gasteiger partial charge in [-0.1, -0.05) is 13.8 Å². The first kappa shape index (κ1) is 10.4. The topological polar surface area (TPSA) is 12.5 Å². The van der Waals surface area contributed by atoms with Gasteiger partial charge in [-0.05, 0) is 25.7 Å². The summed E-state index contributed by atoms with van der Waals surface area (Å²) in [6.07, 6.45) is 0. The first-order chi connectivity index (χ1) is 6.56. The van der Waals surface area contributed by atoms with Gasteiger partial charge in [0.25, 0.3) is 0 Å². The molecule has 0 amide bonds. The quantitative estimate of drug-likeness (QED) is 0.637. The van der Waals surface area contributed by atoms with Crippen LogP contribution in [-0.4, -0.2) is 37.2 Å². The van der Waals surface area contributed by atoms with Crippen molar-refractivity contribution in [2.45, 2.75) is 33.7 Å². The van der Waals surface area contributed by atoms with Crippen molar-refractivity contribution in [1.82, 2.24) is 4.90 Å². The highest BCUT2D eigenvalue weighted by Crippen LogP contribution is 2.46. The average molecular weight is 197 g/mol. The van der Waals surface area contributed by atoms with E-state index in [-0.39, 0.29) is 0 Å². The van der Waals surface area contributed by atoms with Gasteiger partial charge in [0, 0.05) is 24.5 Å². The van der Waals surface area contributed by atoms with Gasteiger partial charge in [-0.2, -0.15) is 0 Å². The van der Waals surface area contributed by atoms with Crippen LogP contribution in [0.2, 0.25) is 0 Å². The largest absolute Gasteiger partial charge is 0.380 e. The van der Waals surface area contributed by atoms with E-state index in [4.69, 9.17) is 4.74 Å². The van der Waals surface area contributed by atoms with Gasteiger partial charge in [-0.3, -0.25) is 0 Å². The van der Waals surface area contributed by atoms with Crippen molar-refractivity contribution in [2.75, 3.05) is 26.3 Å². The molecule has 2 heterocycles. The summed E-state index contributed by atoms with van der Waals surface area (Å²) in [5.74, 6) is 1.59. The molecule has 0 aromatic rings. The number of ether oxygens (including phenoxy) is 1. The molecule has 0 saturated carbocycles. The maximum atomic E-state index is 5.43. The molecular weight excluding hydrogens is 174 g/mol. The molecule has 0 radical (unpaired) electrons. The lowest BCUT2D eigenvalue weighted by molar-refractivity contribution is -0.198. The predicted molar refractivity (Wildman–Crippen MR) is 58.3 cm³/mol. The van der Waals surface area contributed by atoms with Crippen LogP contribution in [-0.2, 0) is 4.74 Å². The first-order valence-corrected chi connectivity index (χ1v) is 5.88. The molecule has 2 unspecified atom stereocenters. The summed E-state index contributed by atoms with van der Waals surface area (Å²) in [4.78, 5) is 2.61. The van der Waals surface area contributed by atoms with E-state index in [2.05, 4.69) is 32.6 Å². The van der Waals surface area contributed by atoms with E-state index < -0.39 is 0 Å². The Balaban J connectivity index is 2.06. The minimum atomic E-state index is 0.519. The number of likely N-dealkylation sites (tertiary alicyclic amines) is 1. The SMILES string of the molecule is CC(C)N1CC(C)C2(COC2)C(C)C1. The van der Waals surface area contributed by atoms with E-state index in [0.717, 1.165) is 25.0 Å². The Morgan fingerprint density at radius 1 is 1.14 bits per heavy atom. The molecule has 2 atom stereocenters. The monoisotopic (exact) mass is 197 g/mol. The second-order valence-corrected chi connectivity index (χ2v) is 5.58. The van der Waals surface area contributed by atoms with E-state index in [1.807, 2.05) is 0 Å². The van der Waals surface area contributed by atoms with Gasteiger partial charge in [-0.25, -0.2) is 0 Å². The molecule has 0 bridgehead atoms. The van der Waals surface area contributed by atoms with E-state index in [9.17, 15) is 0 Å². The molecule has 2 aliphatic rings. The predicted octanol–water partition coefficient (Wildman–Crippen LogP) is 2.00. The number of piperidine rings is 1. The first-order valence-electron chi connectivity index (χ1n) is 5.88. The van der Waals surface area contributed by atoms with Gasteiger partial charge in [0.2, 0.25) is 0 Å². The Kier molecular flexibility index (Phi) is 2.61. The zero-order valence-corrected chi connectivity index (χ0v) is 9.92. The molecule has 0 aromatic carbocycles. The Hall–Kier alpha value is -0.0800. The molecule has 1 spiro atoms. The van der Waals surface area contributed by atoms with Crippen LogP contribution >= 0.6 is 0 Å². The molecule has 2 rings (SSSR count). The van der Waals surface area contributed by atoms with Crippen LogP contribution in [0.1, 0.15) is 27.7 Å². The third kappa shape index (κ3) is 1.40. The third-order valence-corrected chi connectivity index (χ3v) is 4.45. The number of nitrogens with zero attached hydrogens (tertiary/aromatic N) is 1. The number of rotatable bonds is 1. The summed E-state index contributed by atoms with van der Waals surface area (Å²) in [7, 11) is 0. The average Bonchev–Trinajstić information content (AvgIpc) is 1.99. The van der Waals surface area contributed by atoms with Crippen molar-refractivity contribution < 1.29 is 4.74 Å². The lowest BCUT2D eigenvalue weighted by Crippen LogP contribution is -2.61. The third-order valence-electron chi connectivity index (χ3n) is 4.45. The highest BCUT2D eigenvalue weighted by Gasteiger charge is 2.51. The molecule has 2 nitrogen and oxygen atoms in total. The molecule has 2 fully saturated rings. The molecule has 0 aliphatic carbocycles. The smallest absolute Gasteiger partial charge is 0.0550 e. The van der Waals surface area contributed by atoms with Gasteiger partial charge in [-0.15, -0.1) is 0 Å². The highest BCUT2D eigenvalue weighted by atomic mass is 16.5. The van der Waals surface area contributed by atoms with E-state index >= 15 is 0 Å². The molecule has 82 valence electrons. The van der Waals surface area contributed by atoms with Crippen molar-refractivity contribution >= 4 is 0 Å². The summed E-state index contributed by atoms with van der Waals surface area (Å²) in [5, 5.41) is 0. The second-order valence-electron chi connectivity index (χ2n) is 5.58. The summed E-state index contributed by atoms with van der Waals surface area (Å²) in [5.41, 5.74) is 0.519. The zero-order valence-electron chi connectivity index (χ0n) is 9.92. The maximum absolute atomic E-state index is 5.43. The van der Waals surface area contributed by atoms with Gasteiger partial charge >= 0.3 is 0 Å². The Morgan fingerprint density at radius 2 is 1.64 bits per heavy atom. The molecule has 2 heteroatoms. The van der Waals surface area contributed by atoms with Gasteiger partial charge in [0.05, 0.1) is 13.2 Å². The minimum absolute atomic E-state index is 0.519. The second kappa shape index (κ2) is 3.49. The van der Waals surface area contributed by atoms with E-state index in [1.54, 1.807) is 0 Å². The zero-order chi connectivity index (χ0) is 10.3. The summed E-state index contributed by atoms with van der Waals surface area (Å²) >= 11 is 0. The Bertz CT molecular complexity index is 196. The van der Waals surface area contributed by atoms with E-state index in [0.29, 0.717) is 11.5 Å². The van der Waals surface area contributed by atoms with Gasteiger partial charge < -0.3 is 9.64 Å². The molecule has 14 heavy (non-hydrogen) atoms. The fourth-order valence-electron chi connectivity index (χ4n) is 2.96. The van der Waals surface area contributed by atoms with Crippen LogP contribution in [0.5, 0.6) is 0 Å². The van der Waals surface area contributed by atoms with Crippen LogP contribution in [0.15, 0.2) is 0 Å². The fraction of sp³-hybridized carbons (Fsp3) is 1.00. The summed E-state index contributed by atoms with van der Waals surface area (Å²) in [6, 6.07) is 0.693. The van der Waals surface area contributed by atoms with Gasteiger partial charge in [0.1, 0.15) is 0 Å². The van der Waals surface area contributed by atoms with Crippen molar-refractivity contribution in [3.63, 3.8) is 0 Å². The standard InChI is InChI=1S/C12H23NO/c1-9(2)13-5-10(3)12(7-14-8-12)11(4)6-13/h9-11H,5-8H2,1-4H3. The molecular formula is C12H23NO. The Morgan fingerprint density at radius 3 is 1.93 bits per heavy atom. The van der Waals surface area contributed by atoms with E-state index in [1.165, 1.54) is 13.1 Å². The normalized spacial score (nSPS) is 37.5. The fourth-order valence-corrected chi connectivity index (χ4v) is 2.96. The van der Waals surface area contributed by atoms with Crippen molar-refractivity contribution in [1.29, 1.82) is 0 Å². The van der Waals surface area contributed by atoms with Crippen LogP contribution < -0.4 is 0 Å². The summed E-state index contributed by atoms with van der Waals surface area (Å²) in [6.45, 7) is 13.9. The van der Waals surface area contributed by atoms with Crippen LogP contribution in [0.3, 0.4) is 0 Å². The lowest BCUT2D eigenvalue weighted by atomic mass is 9.63. The van der Waals surface area contributed by atoms with Crippen molar-refractivity contribution in [3.8, 4) is 0 Å². The molecule has 0 aromatic heterocycles. The Labute approximate surface area is 87.6 Å². The van der Waals surface area contributed by atoms with Crippen LogP contribution in [0.4, 0.5) is 0 Å². The van der Waals surface area contributed by atoms with Gasteiger partial charge in [0.15, 0.2) is 0 Å². The molecule has 2 saturated heterocycles. The van der Waals surface area contributed by atoms with Crippen molar-refractivity contribution in [3.05, 3.63) is 0 Å². The molecule has 2 aliphatic heterocycles. The number of hydrogen-bond acceptors (Lipinski definition) is 2. The number of hydrogen-bond donors (Lipinski definition) is 0.